The fourth-order valence-electron chi connectivity index (χ4n) is 5.56. The normalized spacial score (nSPS) is 14.1. The maximum Gasteiger partial charge on any atom is 0.306 e. The number of rotatable bonds is 40. The topological polar surface area (TPSA) is 131 Å². The van der Waals surface area contributed by atoms with Crippen LogP contribution in [0, 0.1) is 0 Å². The van der Waals surface area contributed by atoms with Crippen molar-refractivity contribution in [1.29, 1.82) is 0 Å². The summed E-state index contributed by atoms with van der Waals surface area (Å²) in [6, 6.07) is 0. The van der Waals surface area contributed by atoms with E-state index in [2.05, 4.69) is 61.6 Å². The molecule has 330 valence electrons. The number of aliphatic hydroxyl groups is 1. The van der Waals surface area contributed by atoms with Crippen LogP contribution in [0.15, 0.2) is 60.8 Å². The third-order valence-corrected chi connectivity index (χ3v) is 10.0. The SMILES string of the molecule is CCCCCC/C=C\CCCCCCCCCC(=O)O[C@H](COC(=O)CCC/C=C\C/C=C\C/C=C\C/C=C\CCCCCO)COP(=O)([O-])OCC[N+](C)(C)C. The molecule has 2 atom stereocenters. The number of esters is 2. The molecule has 0 aliphatic carbocycles. The van der Waals surface area contributed by atoms with E-state index in [-0.39, 0.29) is 32.7 Å². The first-order valence-electron chi connectivity index (χ1n) is 22.1. The van der Waals surface area contributed by atoms with E-state index in [0.717, 1.165) is 77.0 Å². The molecule has 0 amide bonds. The maximum absolute atomic E-state index is 12.7. The van der Waals surface area contributed by atoms with Crippen molar-refractivity contribution in [1.82, 2.24) is 0 Å². The first-order chi connectivity index (χ1) is 27.5. The Morgan fingerprint density at radius 1 is 0.596 bits per heavy atom. The van der Waals surface area contributed by atoms with Crippen molar-refractivity contribution in [3.8, 4) is 0 Å². The Kier molecular flexibility index (Phi) is 37.5. The average Bonchev–Trinajstić information content (AvgIpc) is 3.16. The van der Waals surface area contributed by atoms with Crippen LogP contribution in [0.2, 0.25) is 0 Å². The molecule has 57 heavy (non-hydrogen) atoms. The lowest BCUT2D eigenvalue weighted by atomic mass is 10.1. The Morgan fingerprint density at radius 2 is 1.05 bits per heavy atom. The molecule has 0 heterocycles. The molecule has 0 aliphatic heterocycles. The van der Waals surface area contributed by atoms with Crippen LogP contribution in [0.4, 0.5) is 0 Å². The molecule has 1 N–H and O–H groups in total. The highest BCUT2D eigenvalue weighted by atomic mass is 31.2. The number of hydrogen-bond donors (Lipinski definition) is 1. The summed E-state index contributed by atoms with van der Waals surface area (Å²) in [5, 5.41) is 8.80. The van der Waals surface area contributed by atoms with Crippen LogP contribution in [0.25, 0.3) is 0 Å². The summed E-state index contributed by atoms with van der Waals surface area (Å²) in [6.07, 6.45) is 44.1. The van der Waals surface area contributed by atoms with Gasteiger partial charge in [-0.15, -0.1) is 0 Å². The van der Waals surface area contributed by atoms with Crippen molar-refractivity contribution in [3.63, 3.8) is 0 Å². The Balaban J connectivity index is 4.46. The summed E-state index contributed by atoms with van der Waals surface area (Å²) in [5.41, 5.74) is 0. The highest BCUT2D eigenvalue weighted by Gasteiger charge is 2.21. The van der Waals surface area contributed by atoms with Crippen LogP contribution >= 0.6 is 7.82 Å². The predicted molar refractivity (Wildman–Crippen MR) is 233 cm³/mol. The molecule has 0 spiro atoms. The Hall–Kier alpha value is -2.33. The quantitative estimate of drug-likeness (QED) is 0.0211. The van der Waals surface area contributed by atoms with Crippen LogP contribution in [-0.4, -0.2) is 81.7 Å². The molecule has 0 aliphatic rings. The molecule has 0 bridgehead atoms. The predicted octanol–water partition coefficient (Wildman–Crippen LogP) is 10.8. The van der Waals surface area contributed by atoms with Gasteiger partial charge in [0.05, 0.1) is 27.7 Å². The Bertz CT molecular complexity index is 1160. The van der Waals surface area contributed by atoms with Gasteiger partial charge in [-0.05, 0) is 83.5 Å². The summed E-state index contributed by atoms with van der Waals surface area (Å²) < 4.78 is 33.8. The van der Waals surface area contributed by atoms with E-state index in [4.69, 9.17) is 23.6 Å². The van der Waals surface area contributed by atoms with Crippen LogP contribution in [-0.2, 0) is 32.7 Å². The van der Waals surface area contributed by atoms with E-state index in [1.165, 1.54) is 51.4 Å². The maximum atomic E-state index is 12.7. The minimum Gasteiger partial charge on any atom is -0.756 e. The largest absolute Gasteiger partial charge is 0.756 e. The molecule has 0 fully saturated rings. The molecular formula is C46H82NO9P. The van der Waals surface area contributed by atoms with Crippen molar-refractivity contribution >= 4 is 19.8 Å². The number of quaternary nitrogens is 1. The lowest BCUT2D eigenvalue weighted by Gasteiger charge is -2.28. The second-order valence-electron chi connectivity index (χ2n) is 15.8. The number of allylic oxidation sites excluding steroid dienone is 10. The summed E-state index contributed by atoms with van der Waals surface area (Å²) in [4.78, 5) is 37.5. The minimum atomic E-state index is -4.65. The van der Waals surface area contributed by atoms with Crippen LogP contribution in [0.5, 0.6) is 0 Å². The molecule has 1 unspecified atom stereocenters. The van der Waals surface area contributed by atoms with E-state index in [9.17, 15) is 19.0 Å². The monoisotopic (exact) mass is 824 g/mol. The number of aliphatic hydroxyl groups excluding tert-OH is 1. The van der Waals surface area contributed by atoms with Gasteiger partial charge in [0.15, 0.2) is 6.10 Å². The van der Waals surface area contributed by atoms with Gasteiger partial charge in [0.1, 0.15) is 19.8 Å². The van der Waals surface area contributed by atoms with E-state index in [1.807, 2.05) is 27.2 Å². The highest BCUT2D eigenvalue weighted by Crippen LogP contribution is 2.38. The zero-order chi connectivity index (χ0) is 42.1. The van der Waals surface area contributed by atoms with Crippen LogP contribution in [0.1, 0.15) is 161 Å². The lowest BCUT2D eigenvalue weighted by molar-refractivity contribution is -0.870. The Labute approximate surface area is 348 Å². The molecule has 0 radical (unpaired) electrons. The standard InChI is InChI=1S/C46H82NO9P/c1-5-6-7-8-9-10-11-12-16-20-23-26-29-32-35-38-46(50)56-44(43-55-57(51,52)54-41-39-47(2,3)4)42-53-45(49)37-34-31-28-25-22-19-17-14-13-15-18-21-24-27-30-33-36-40-48/h10-11,13,15,17,19,21,24-25,28,44,48H,5-9,12,14,16,18,20,22-23,26-27,29-43H2,1-4H3/b11-10-,15-13-,19-17-,24-21-,28-25-/t44-/m1/s1. The minimum absolute atomic E-state index is 0.0470. The van der Waals surface area contributed by atoms with Gasteiger partial charge < -0.3 is 33.0 Å². The molecule has 0 aromatic heterocycles. The van der Waals surface area contributed by atoms with Gasteiger partial charge in [-0.3, -0.25) is 14.2 Å². The number of likely N-dealkylation sites (N-methyl/N-ethyl adjacent to an activating group) is 1. The van der Waals surface area contributed by atoms with E-state index in [0.29, 0.717) is 23.9 Å². The summed E-state index contributed by atoms with van der Waals surface area (Å²) in [5.74, 6) is -0.923. The van der Waals surface area contributed by atoms with Gasteiger partial charge in [0, 0.05) is 19.4 Å². The van der Waals surface area contributed by atoms with Gasteiger partial charge in [-0.25, -0.2) is 0 Å². The van der Waals surface area contributed by atoms with Crippen molar-refractivity contribution in [2.75, 3.05) is 54.1 Å². The molecule has 0 saturated carbocycles. The first-order valence-corrected chi connectivity index (χ1v) is 23.6. The average molecular weight is 824 g/mol. The molecular weight excluding hydrogens is 741 g/mol. The van der Waals surface area contributed by atoms with E-state index >= 15 is 0 Å². The molecule has 0 aromatic carbocycles. The summed E-state index contributed by atoms with van der Waals surface area (Å²) in [6.45, 7) is 2.13. The van der Waals surface area contributed by atoms with Crippen LogP contribution in [0.3, 0.4) is 0 Å². The molecule has 10 nitrogen and oxygen atoms in total. The van der Waals surface area contributed by atoms with Crippen LogP contribution < -0.4 is 4.89 Å². The molecule has 11 heteroatoms. The van der Waals surface area contributed by atoms with E-state index < -0.39 is 32.5 Å². The van der Waals surface area contributed by atoms with Crippen molar-refractivity contribution in [3.05, 3.63) is 60.8 Å². The van der Waals surface area contributed by atoms with Crippen molar-refractivity contribution in [2.24, 2.45) is 0 Å². The first kappa shape index (κ1) is 54.7. The summed E-state index contributed by atoms with van der Waals surface area (Å²) in [7, 11) is 1.11. The number of carbonyl (C=O) groups is 2. The zero-order valence-electron chi connectivity index (χ0n) is 36.5. The number of unbranched alkanes of at least 4 members (excludes halogenated alkanes) is 15. The number of nitrogens with zero attached hydrogens (tertiary/aromatic N) is 1. The smallest absolute Gasteiger partial charge is 0.306 e. The molecule has 0 aromatic rings. The van der Waals surface area contributed by atoms with Gasteiger partial charge in [0.2, 0.25) is 0 Å². The number of hydrogen-bond acceptors (Lipinski definition) is 9. The fraction of sp³-hybridized carbons (Fsp3) is 0.739. The molecule has 0 rings (SSSR count). The number of phosphoric acid groups is 1. The highest BCUT2D eigenvalue weighted by molar-refractivity contribution is 7.45. The van der Waals surface area contributed by atoms with Crippen molar-refractivity contribution < 1.29 is 47.2 Å². The fourth-order valence-corrected chi connectivity index (χ4v) is 6.29. The zero-order valence-corrected chi connectivity index (χ0v) is 37.4. The third kappa shape index (κ3) is 43.1. The van der Waals surface area contributed by atoms with Crippen molar-refractivity contribution in [2.45, 2.75) is 167 Å². The van der Waals surface area contributed by atoms with Gasteiger partial charge >= 0.3 is 11.9 Å². The van der Waals surface area contributed by atoms with Gasteiger partial charge in [-0.1, -0.05) is 125 Å². The number of ether oxygens (including phenoxy) is 2. The van der Waals surface area contributed by atoms with Gasteiger partial charge in [0.25, 0.3) is 7.82 Å². The molecule has 0 saturated heterocycles. The Morgan fingerprint density at radius 3 is 1.60 bits per heavy atom. The van der Waals surface area contributed by atoms with E-state index in [1.54, 1.807) is 0 Å². The second kappa shape index (κ2) is 39.1. The second-order valence-corrected chi connectivity index (χ2v) is 17.2. The number of phosphoric ester groups is 1. The van der Waals surface area contributed by atoms with Gasteiger partial charge in [-0.2, -0.15) is 0 Å². The third-order valence-electron chi connectivity index (χ3n) is 9.06. The number of carbonyl (C=O) groups excluding carboxylic acids is 2. The lowest BCUT2D eigenvalue weighted by Crippen LogP contribution is -2.37. The summed E-state index contributed by atoms with van der Waals surface area (Å²) >= 11 is 0.